The average Bonchev–Trinajstić information content (AvgIpc) is 3.00. The Labute approximate surface area is 257 Å². The van der Waals surface area contributed by atoms with E-state index in [1.54, 1.807) is 36.4 Å². The molecule has 0 saturated heterocycles. The van der Waals surface area contributed by atoms with Gasteiger partial charge >= 0.3 is 6.03 Å². The Morgan fingerprint density at radius 2 is 1.58 bits per heavy atom. The first kappa shape index (κ1) is 33.3. The molecule has 0 fully saturated rings. The molecule has 7 nitrogen and oxygen atoms in total. The van der Waals surface area contributed by atoms with Crippen LogP contribution in [-0.4, -0.2) is 23.8 Å². The van der Waals surface area contributed by atoms with Crippen molar-refractivity contribution in [3.05, 3.63) is 77.4 Å². The lowest BCUT2D eigenvalue weighted by Gasteiger charge is -2.32. The number of ether oxygens (including phenoxy) is 1. The Bertz CT molecular complexity index is 1410. The van der Waals surface area contributed by atoms with Gasteiger partial charge in [-0.25, -0.2) is 4.79 Å². The van der Waals surface area contributed by atoms with Crippen molar-refractivity contribution in [2.75, 3.05) is 22.5 Å². The molecule has 1 atom stereocenters. The quantitative estimate of drug-likeness (QED) is 0.141. The molecule has 1 unspecified atom stereocenters. The second-order valence-corrected chi connectivity index (χ2v) is 12.4. The molecule has 0 aliphatic rings. The Balaban J connectivity index is 1.71. The molecule has 0 saturated carbocycles. The summed E-state index contributed by atoms with van der Waals surface area (Å²) in [6, 6.07) is 19.9. The normalized spacial score (nSPS) is 12.2. The molecule has 4 N–H and O–H groups in total. The number of carbonyl (C=O) groups excluding carboxylic acids is 1. The molecule has 3 aromatic rings. The summed E-state index contributed by atoms with van der Waals surface area (Å²) in [4.78, 5) is 12.4. The summed E-state index contributed by atoms with van der Waals surface area (Å²) < 4.78 is 6.73. The first-order valence-electron chi connectivity index (χ1n) is 15.4. The van der Waals surface area contributed by atoms with Crippen LogP contribution in [0.15, 0.2) is 60.7 Å². The summed E-state index contributed by atoms with van der Waals surface area (Å²) in [7, 11) is 0. The van der Waals surface area contributed by atoms with Crippen molar-refractivity contribution in [1.82, 2.24) is 0 Å². The molecule has 43 heavy (non-hydrogen) atoms. The number of amides is 2. The minimum atomic E-state index is -0.493. The summed E-state index contributed by atoms with van der Waals surface area (Å²) in [5.74, 6) is 0.883. The van der Waals surface area contributed by atoms with E-state index in [2.05, 4.69) is 82.6 Å². The van der Waals surface area contributed by atoms with E-state index >= 15 is 0 Å². The van der Waals surface area contributed by atoms with Gasteiger partial charge in [0.25, 0.3) is 0 Å². The Kier molecular flexibility index (Phi) is 11.5. The number of aromatic hydroxyl groups is 1. The maximum absolute atomic E-state index is 12.4. The van der Waals surface area contributed by atoms with Crippen LogP contribution in [0.4, 0.5) is 21.9 Å². The lowest BCUT2D eigenvalue weighted by atomic mass is 9.76. The summed E-state index contributed by atoms with van der Waals surface area (Å²) >= 11 is 0. The number of anilines is 3. The van der Waals surface area contributed by atoms with E-state index in [0.29, 0.717) is 17.8 Å². The van der Waals surface area contributed by atoms with Crippen molar-refractivity contribution in [3.8, 4) is 17.6 Å². The molecule has 3 aromatic carbocycles. The van der Waals surface area contributed by atoms with E-state index in [1.165, 1.54) is 11.1 Å². The Hall–Kier alpha value is -4.18. The number of phenolic OH excluding ortho intramolecular Hbond substituents is 1. The van der Waals surface area contributed by atoms with Gasteiger partial charge in [0.2, 0.25) is 0 Å². The minimum absolute atomic E-state index is 0.0289. The highest BCUT2D eigenvalue weighted by Gasteiger charge is 2.27. The highest BCUT2D eigenvalue weighted by molar-refractivity contribution is 6.00. The number of benzene rings is 3. The number of carbonyl (C=O) groups is 1. The summed E-state index contributed by atoms with van der Waals surface area (Å²) in [5, 5.41) is 28.4. The fourth-order valence-corrected chi connectivity index (χ4v) is 4.68. The molecule has 0 aromatic heterocycles. The number of unbranched alkanes of at least 4 members (excludes halogenated alkanes) is 1. The molecule has 0 spiro atoms. The third-order valence-electron chi connectivity index (χ3n) is 8.48. The number of nitrogens with zero attached hydrogens (tertiary/aromatic N) is 1. The van der Waals surface area contributed by atoms with Gasteiger partial charge in [-0.3, -0.25) is 0 Å². The number of nitrogens with one attached hydrogen (secondary N) is 3. The summed E-state index contributed by atoms with van der Waals surface area (Å²) in [6.45, 7) is 16.3. The lowest BCUT2D eigenvalue weighted by molar-refractivity contribution is 0.195. The highest BCUT2D eigenvalue weighted by Crippen LogP contribution is 2.39. The SMILES string of the molecule is CCCCC(CNc1ccc(NC(=O)Nc2ccc(C#N)cc2)c(O)c1)Oc1ccc(C(C)(C)CC)cc1C(C)(C)CC. The number of urea groups is 1. The molecule has 2 amide bonds. The van der Waals surface area contributed by atoms with Gasteiger partial charge in [-0.1, -0.05) is 67.0 Å². The second kappa shape index (κ2) is 14.8. The molecule has 0 aliphatic heterocycles. The zero-order chi connectivity index (χ0) is 31.6. The standard InChI is InChI=1S/C36H48N4O3/c1-8-11-12-29(43-33-20-15-26(35(4,5)9-2)21-30(33)36(6,7)10-3)24-38-28-18-19-31(32(41)22-28)40-34(42)39-27-16-13-25(23-37)14-17-27/h13-22,29,38,41H,8-12,24H2,1-7H3,(H2,39,40,42). The van der Waals surface area contributed by atoms with Crippen molar-refractivity contribution < 1.29 is 14.6 Å². The van der Waals surface area contributed by atoms with Crippen LogP contribution in [0.2, 0.25) is 0 Å². The van der Waals surface area contributed by atoms with E-state index in [-0.39, 0.29) is 28.4 Å². The number of rotatable bonds is 14. The smallest absolute Gasteiger partial charge is 0.323 e. The molecular weight excluding hydrogens is 536 g/mol. The van der Waals surface area contributed by atoms with Crippen molar-refractivity contribution in [1.29, 1.82) is 5.26 Å². The van der Waals surface area contributed by atoms with Crippen LogP contribution >= 0.6 is 0 Å². The predicted molar refractivity (Wildman–Crippen MR) is 177 cm³/mol. The van der Waals surface area contributed by atoms with Crippen molar-refractivity contribution in [2.45, 2.75) is 97.5 Å². The van der Waals surface area contributed by atoms with Crippen molar-refractivity contribution >= 4 is 23.1 Å². The zero-order valence-corrected chi connectivity index (χ0v) is 26.8. The van der Waals surface area contributed by atoms with Crippen LogP contribution in [0.3, 0.4) is 0 Å². The van der Waals surface area contributed by atoms with Gasteiger partial charge in [0.15, 0.2) is 0 Å². The number of nitriles is 1. The predicted octanol–water partition coefficient (Wildman–Crippen LogP) is 9.33. The fourth-order valence-electron chi connectivity index (χ4n) is 4.68. The van der Waals surface area contributed by atoms with E-state index in [1.807, 2.05) is 12.1 Å². The first-order valence-corrected chi connectivity index (χ1v) is 15.4. The van der Waals surface area contributed by atoms with Crippen LogP contribution in [-0.2, 0) is 10.8 Å². The van der Waals surface area contributed by atoms with Crippen molar-refractivity contribution in [3.63, 3.8) is 0 Å². The number of hydrogen-bond acceptors (Lipinski definition) is 5. The third-order valence-corrected chi connectivity index (χ3v) is 8.48. The summed E-state index contributed by atoms with van der Waals surface area (Å²) in [5.41, 5.74) is 4.70. The Morgan fingerprint density at radius 3 is 2.19 bits per heavy atom. The first-order chi connectivity index (χ1) is 20.4. The monoisotopic (exact) mass is 584 g/mol. The fraction of sp³-hybridized carbons (Fsp3) is 0.444. The largest absolute Gasteiger partial charge is 0.506 e. The van der Waals surface area contributed by atoms with Gasteiger partial charge in [-0.05, 0) is 84.5 Å². The van der Waals surface area contributed by atoms with Gasteiger partial charge in [0.1, 0.15) is 17.6 Å². The van der Waals surface area contributed by atoms with E-state index in [4.69, 9.17) is 10.00 Å². The number of phenols is 1. The van der Waals surface area contributed by atoms with Crippen LogP contribution < -0.4 is 20.7 Å². The van der Waals surface area contributed by atoms with Gasteiger partial charge in [-0.15, -0.1) is 0 Å². The van der Waals surface area contributed by atoms with Crippen LogP contribution in [0, 0.1) is 11.3 Å². The summed E-state index contributed by atoms with van der Waals surface area (Å²) in [6.07, 6.45) is 5.02. The number of hydrogen-bond donors (Lipinski definition) is 4. The molecule has 0 aliphatic carbocycles. The average molecular weight is 585 g/mol. The van der Waals surface area contributed by atoms with E-state index in [9.17, 15) is 9.90 Å². The van der Waals surface area contributed by atoms with Crippen LogP contribution in [0.5, 0.6) is 11.5 Å². The van der Waals surface area contributed by atoms with Gasteiger partial charge < -0.3 is 25.8 Å². The molecule has 230 valence electrons. The molecule has 0 bridgehead atoms. The molecule has 7 heteroatoms. The lowest BCUT2D eigenvalue weighted by Crippen LogP contribution is -2.28. The maximum Gasteiger partial charge on any atom is 0.323 e. The van der Waals surface area contributed by atoms with Crippen LogP contribution in [0.25, 0.3) is 0 Å². The molecule has 0 radical (unpaired) electrons. The van der Waals surface area contributed by atoms with Gasteiger partial charge in [0.05, 0.1) is 23.9 Å². The zero-order valence-electron chi connectivity index (χ0n) is 26.8. The van der Waals surface area contributed by atoms with Gasteiger partial charge in [0, 0.05) is 23.0 Å². The van der Waals surface area contributed by atoms with Gasteiger partial charge in [-0.2, -0.15) is 5.26 Å². The van der Waals surface area contributed by atoms with E-state index < -0.39 is 6.03 Å². The molecule has 3 rings (SSSR count). The molecule has 0 heterocycles. The topological polar surface area (TPSA) is 106 Å². The maximum atomic E-state index is 12.4. The highest BCUT2D eigenvalue weighted by atomic mass is 16.5. The molecular formula is C36H48N4O3. The minimum Gasteiger partial charge on any atom is -0.506 e. The Morgan fingerprint density at radius 1 is 0.907 bits per heavy atom. The van der Waals surface area contributed by atoms with Crippen molar-refractivity contribution in [2.24, 2.45) is 0 Å². The van der Waals surface area contributed by atoms with E-state index in [0.717, 1.165) is 43.5 Å². The third kappa shape index (κ3) is 9.15. The van der Waals surface area contributed by atoms with Crippen LogP contribution in [0.1, 0.15) is 97.3 Å². The second-order valence-electron chi connectivity index (χ2n) is 12.4.